The van der Waals surface area contributed by atoms with Gasteiger partial charge in [0, 0.05) is 13.1 Å². The number of amides is 1. The van der Waals surface area contributed by atoms with Crippen molar-refractivity contribution in [1.82, 2.24) is 10.2 Å². The molecule has 1 N–H and O–H groups in total. The third-order valence-electron chi connectivity index (χ3n) is 5.50. The summed E-state index contributed by atoms with van der Waals surface area (Å²) in [4.78, 5) is 15.1. The minimum Gasteiger partial charge on any atom is -0.350 e. The van der Waals surface area contributed by atoms with Gasteiger partial charge in [0.25, 0.3) is 0 Å². The highest BCUT2D eigenvalue weighted by atomic mass is 32.2. The van der Waals surface area contributed by atoms with Gasteiger partial charge in [-0.15, -0.1) is 0 Å². The first-order valence-electron chi connectivity index (χ1n) is 10.6. The summed E-state index contributed by atoms with van der Waals surface area (Å²) < 4.78 is 39.1. The van der Waals surface area contributed by atoms with Crippen LogP contribution in [-0.2, 0) is 27.9 Å². The lowest BCUT2D eigenvalue weighted by Crippen LogP contribution is -2.47. The molecule has 0 aliphatic carbocycles. The summed E-state index contributed by atoms with van der Waals surface area (Å²) >= 11 is 0. The van der Waals surface area contributed by atoms with Crippen molar-refractivity contribution in [3.8, 4) is 0 Å². The van der Waals surface area contributed by atoms with Gasteiger partial charge in [-0.05, 0) is 62.2 Å². The van der Waals surface area contributed by atoms with E-state index in [0.717, 1.165) is 41.8 Å². The van der Waals surface area contributed by atoms with E-state index >= 15 is 0 Å². The molecule has 0 spiro atoms. The number of nitrogens with zero attached hydrogens (tertiary/aromatic N) is 2. The van der Waals surface area contributed by atoms with Crippen LogP contribution in [0.3, 0.4) is 0 Å². The number of benzene rings is 2. The molecular weight excluding hydrogens is 417 g/mol. The van der Waals surface area contributed by atoms with Crippen molar-refractivity contribution < 1.29 is 17.6 Å². The number of carbonyl (C=O) groups excluding carboxylic acids is 1. The number of hydrogen-bond donors (Lipinski definition) is 1. The Morgan fingerprint density at radius 2 is 1.74 bits per heavy atom. The van der Waals surface area contributed by atoms with Crippen molar-refractivity contribution in [2.45, 2.75) is 45.3 Å². The molecule has 6 nitrogen and oxygen atoms in total. The molecule has 8 heteroatoms. The van der Waals surface area contributed by atoms with Crippen molar-refractivity contribution in [2.24, 2.45) is 0 Å². The molecule has 1 fully saturated rings. The van der Waals surface area contributed by atoms with Crippen LogP contribution in [0.1, 0.15) is 37.3 Å². The van der Waals surface area contributed by atoms with E-state index in [4.69, 9.17) is 0 Å². The smallest absolute Gasteiger partial charge is 0.243 e. The summed E-state index contributed by atoms with van der Waals surface area (Å²) in [5, 5.41) is 2.79. The molecule has 3 rings (SSSR count). The van der Waals surface area contributed by atoms with Crippen molar-refractivity contribution in [1.29, 1.82) is 0 Å². The standard InChI is InChI=1S/C23H30FN3O3S/c1-18(27(31(2,29)30)22-8-6-7-21(24)15-22)23(28)25-16-19-9-11-20(12-10-19)17-26-13-4-3-5-14-26/h6-12,15,18H,3-5,13-14,16-17H2,1-2H3,(H,25,28)/t18-/m1/s1. The Morgan fingerprint density at radius 1 is 1.10 bits per heavy atom. The predicted molar refractivity (Wildman–Crippen MR) is 121 cm³/mol. The van der Waals surface area contributed by atoms with E-state index in [1.165, 1.54) is 49.9 Å². The van der Waals surface area contributed by atoms with Gasteiger partial charge in [0.05, 0.1) is 11.9 Å². The molecule has 0 radical (unpaired) electrons. The Hall–Kier alpha value is -2.45. The zero-order valence-corrected chi connectivity index (χ0v) is 18.9. The van der Waals surface area contributed by atoms with Crippen LogP contribution in [0.2, 0.25) is 0 Å². The molecule has 1 saturated heterocycles. The monoisotopic (exact) mass is 447 g/mol. The topological polar surface area (TPSA) is 69.7 Å². The summed E-state index contributed by atoms with van der Waals surface area (Å²) in [7, 11) is -3.78. The maximum atomic E-state index is 13.6. The van der Waals surface area contributed by atoms with E-state index < -0.39 is 27.8 Å². The molecule has 0 saturated carbocycles. The quantitative estimate of drug-likeness (QED) is 0.674. The predicted octanol–water partition coefficient (Wildman–Crippen LogP) is 3.28. The second kappa shape index (κ2) is 10.2. The number of halogens is 1. The molecule has 2 aromatic carbocycles. The Morgan fingerprint density at radius 3 is 2.35 bits per heavy atom. The molecule has 0 unspecified atom stereocenters. The first kappa shape index (κ1) is 23.2. The fourth-order valence-electron chi connectivity index (χ4n) is 3.90. The average molecular weight is 448 g/mol. The molecule has 1 amide bonds. The van der Waals surface area contributed by atoms with Gasteiger partial charge < -0.3 is 5.32 Å². The van der Waals surface area contributed by atoms with Crippen LogP contribution in [0.5, 0.6) is 0 Å². The van der Waals surface area contributed by atoms with E-state index in [2.05, 4.69) is 22.3 Å². The Bertz CT molecular complexity index is 989. The highest BCUT2D eigenvalue weighted by Gasteiger charge is 2.29. The van der Waals surface area contributed by atoms with Crippen LogP contribution < -0.4 is 9.62 Å². The number of piperidine rings is 1. The van der Waals surface area contributed by atoms with Gasteiger partial charge in [-0.2, -0.15) is 0 Å². The number of likely N-dealkylation sites (tertiary alicyclic amines) is 1. The Labute approximate surface area is 184 Å². The number of sulfonamides is 1. The first-order valence-corrected chi connectivity index (χ1v) is 12.4. The molecule has 0 aromatic heterocycles. The average Bonchev–Trinajstić information content (AvgIpc) is 2.73. The van der Waals surface area contributed by atoms with Crippen LogP contribution >= 0.6 is 0 Å². The lowest BCUT2D eigenvalue weighted by atomic mass is 10.1. The molecule has 31 heavy (non-hydrogen) atoms. The summed E-state index contributed by atoms with van der Waals surface area (Å²) in [5.41, 5.74) is 2.28. The summed E-state index contributed by atoms with van der Waals surface area (Å²) in [6, 6.07) is 12.3. The summed E-state index contributed by atoms with van der Waals surface area (Å²) in [5.74, 6) is -1.02. The number of anilines is 1. The fourth-order valence-corrected chi connectivity index (χ4v) is 5.06. The molecule has 2 aromatic rings. The zero-order chi connectivity index (χ0) is 22.4. The highest BCUT2D eigenvalue weighted by molar-refractivity contribution is 7.92. The minimum absolute atomic E-state index is 0.118. The van der Waals surface area contributed by atoms with Gasteiger partial charge in [-0.25, -0.2) is 12.8 Å². The van der Waals surface area contributed by atoms with Gasteiger partial charge in [0.1, 0.15) is 11.9 Å². The van der Waals surface area contributed by atoms with Gasteiger partial charge in [0.2, 0.25) is 15.9 Å². The maximum absolute atomic E-state index is 13.6. The van der Waals surface area contributed by atoms with E-state index in [-0.39, 0.29) is 12.2 Å². The minimum atomic E-state index is -3.78. The third-order valence-corrected chi connectivity index (χ3v) is 6.74. The summed E-state index contributed by atoms with van der Waals surface area (Å²) in [6.07, 6.45) is 4.82. The number of hydrogen-bond acceptors (Lipinski definition) is 4. The van der Waals surface area contributed by atoms with Crippen LogP contribution in [0.15, 0.2) is 48.5 Å². The molecule has 1 aliphatic rings. The number of rotatable bonds is 8. The number of carbonyl (C=O) groups is 1. The van der Waals surface area contributed by atoms with Gasteiger partial charge in [0.15, 0.2) is 0 Å². The van der Waals surface area contributed by atoms with Gasteiger partial charge in [-0.3, -0.25) is 14.0 Å². The summed E-state index contributed by atoms with van der Waals surface area (Å²) in [6.45, 7) is 4.98. The van der Waals surface area contributed by atoms with Crippen LogP contribution in [0.25, 0.3) is 0 Å². The third kappa shape index (κ3) is 6.51. The van der Waals surface area contributed by atoms with E-state index in [9.17, 15) is 17.6 Å². The van der Waals surface area contributed by atoms with Crippen LogP contribution in [0.4, 0.5) is 10.1 Å². The number of nitrogens with one attached hydrogen (secondary N) is 1. The van der Waals surface area contributed by atoms with E-state index in [1.807, 2.05) is 12.1 Å². The van der Waals surface area contributed by atoms with Crippen molar-refractivity contribution >= 4 is 21.6 Å². The lowest BCUT2D eigenvalue weighted by molar-refractivity contribution is -0.122. The van der Waals surface area contributed by atoms with Crippen molar-refractivity contribution in [3.63, 3.8) is 0 Å². The Balaban J connectivity index is 1.60. The highest BCUT2D eigenvalue weighted by Crippen LogP contribution is 2.22. The van der Waals surface area contributed by atoms with Gasteiger partial charge in [-0.1, -0.05) is 36.8 Å². The van der Waals surface area contributed by atoms with E-state index in [1.54, 1.807) is 0 Å². The first-order chi connectivity index (χ1) is 14.7. The zero-order valence-electron chi connectivity index (χ0n) is 18.1. The lowest BCUT2D eigenvalue weighted by Gasteiger charge is -2.28. The second-order valence-corrected chi connectivity index (χ2v) is 9.95. The molecule has 1 heterocycles. The largest absolute Gasteiger partial charge is 0.350 e. The Kier molecular flexibility index (Phi) is 7.67. The van der Waals surface area contributed by atoms with Crippen LogP contribution in [-0.4, -0.2) is 44.6 Å². The SMILES string of the molecule is C[C@H](C(=O)NCc1ccc(CN2CCCCC2)cc1)N(c1cccc(F)c1)S(C)(=O)=O. The molecule has 0 bridgehead atoms. The van der Waals surface area contributed by atoms with Crippen molar-refractivity contribution in [3.05, 3.63) is 65.5 Å². The van der Waals surface area contributed by atoms with E-state index in [0.29, 0.717) is 0 Å². The molecule has 1 aliphatic heterocycles. The second-order valence-electron chi connectivity index (χ2n) is 8.09. The maximum Gasteiger partial charge on any atom is 0.243 e. The van der Waals surface area contributed by atoms with Crippen molar-refractivity contribution in [2.75, 3.05) is 23.7 Å². The normalized spacial score (nSPS) is 16.0. The molecule has 168 valence electrons. The van der Waals surface area contributed by atoms with Crippen LogP contribution in [0, 0.1) is 5.82 Å². The molecular formula is C23H30FN3O3S. The van der Waals surface area contributed by atoms with Gasteiger partial charge >= 0.3 is 0 Å². The molecule has 1 atom stereocenters. The fraction of sp³-hybridized carbons (Fsp3) is 0.435.